The van der Waals surface area contributed by atoms with Crippen LogP contribution in [0.1, 0.15) is 45.4 Å². The molecule has 0 unspecified atom stereocenters. The van der Waals surface area contributed by atoms with E-state index in [9.17, 15) is 9.59 Å². The van der Waals surface area contributed by atoms with Gasteiger partial charge in [-0.3, -0.25) is 9.59 Å². The molecule has 0 aromatic carbocycles. The van der Waals surface area contributed by atoms with Crippen LogP contribution in [-0.2, 0) is 14.3 Å². The normalized spacial score (nSPS) is 9.62. The van der Waals surface area contributed by atoms with Crippen molar-refractivity contribution < 1.29 is 14.3 Å². The maximum absolute atomic E-state index is 10.8. The molecule has 3 heteroatoms. The predicted octanol–water partition coefficient (Wildman–Crippen LogP) is 2.00. The number of esters is 1. The molecule has 0 aliphatic rings. The van der Waals surface area contributed by atoms with Crippen LogP contribution in [0.15, 0.2) is 0 Å². The average molecular weight is 185 g/mol. The number of unbranched alkanes of at least 4 members (excludes halogenated alkanes) is 3. The van der Waals surface area contributed by atoms with E-state index in [0.717, 1.165) is 12.8 Å². The molecular weight excluding hydrogens is 168 g/mol. The fourth-order valence-electron chi connectivity index (χ4n) is 0.940. The third kappa shape index (κ3) is 9.05. The Morgan fingerprint density at radius 3 is 2.69 bits per heavy atom. The lowest BCUT2D eigenvalue weighted by molar-refractivity contribution is -0.143. The molecule has 0 spiro atoms. The monoisotopic (exact) mass is 185 g/mol. The van der Waals surface area contributed by atoms with E-state index in [0.29, 0.717) is 6.61 Å². The summed E-state index contributed by atoms with van der Waals surface area (Å²) in [5.41, 5.74) is 0. The summed E-state index contributed by atoms with van der Waals surface area (Å²) in [6.07, 6.45) is 6.35. The minimum absolute atomic E-state index is 0.147. The molecule has 0 aliphatic heterocycles. The number of rotatable bonds is 8. The number of ether oxygens (including phenoxy) is 1. The van der Waals surface area contributed by atoms with E-state index in [2.05, 4.69) is 6.92 Å². The van der Waals surface area contributed by atoms with Gasteiger partial charge in [-0.2, -0.15) is 0 Å². The van der Waals surface area contributed by atoms with Gasteiger partial charge in [-0.1, -0.05) is 26.2 Å². The first-order valence-corrected chi connectivity index (χ1v) is 4.82. The van der Waals surface area contributed by atoms with Crippen molar-refractivity contribution in [1.82, 2.24) is 0 Å². The van der Waals surface area contributed by atoms with Gasteiger partial charge in [-0.05, 0) is 6.42 Å². The van der Waals surface area contributed by atoms with Gasteiger partial charge in [0.25, 0.3) is 0 Å². The van der Waals surface area contributed by atoms with Crippen LogP contribution in [0.5, 0.6) is 0 Å². The fourth-order valence-corrected chi connectivity index (χ4v) is 0.940. The molecule has 0 bridgehead atoms. The Hall–Kier alpha value is -0.860. The molecule has 0 fully saturated rings. The molecule has 0 N–H and O–H groups in total. The van der Waals surface area contributed by atoms with Crippen LogP contribution in [0.25, 0.3) is 0 Å². The van der Waals surface area contributed by atoms with Gasteiger partial charge in [0.05, 0.1) is 13.0 Å². The molecule has 1 radical (unpaired) electrons. The molecule has 0 heterocycles. The number of carbonyl (C=O) groups excluding carboxylic acids is 2. The summed E-state index contributed by atoms with van der Waals surface area (Å²) in [7, 11) is 0. The first-order chi connectivity index (χ1) is 6.31. The lowest BCUT2D eigenvalue weighted by Crippen LogP contribution is -2.05. The van der Waals surface area contributed by atoms with Gasteiger partial charge in [0, 0.05) is 6.42 Å². The predicted molar refractivity (Wildman–Crippen MR) is 50.0 cm³/mol. The standard InChI is InChI=1S/C10H17O3/c1-2-3-4-5-9-13-10(12)7-6-8-11/h2-7,9H2,1H3. The van der Waals surface area contributed by atoms with E-state index < -0.39 is 0 Å². The van der Waals surface area contributed by atoms with E-state index >= 15 is 0 Å². The van der Waals surface area contributed by atoms with E-state index in [1.165, 1.54) is 12.8 Å². The highest BCUT2D eigenvalue weighted by atomic mass is 16.5. The van der Waals surface area contributed by atoms with Gasteiger partial charge in [-0.15, -0.1) is 0 Å². The lowest BCUT2D eigenvalue weighted by atomic mass is 10.2. The van der Waals surface area contributed by atoms with Crippen LogP contribution >= 0.6 is 0 Å². The second kappa shape index (κ2) is 9.23. The zero-order valence-electron chi connectivity index (χ0n) is 8.17. The third-order valence-electron chi connectivity index (χ3n) is 1.69. The van der Waals surface area contributed by atoms with Crippen LogP contribution in [-0.4, -0.2) is 18.9 Å². The van der Waals surface area contributed by atoms with Crippen molar-refractivity contribution >= 4 is 12.3 Å². The molecular formula is C10H17O3. The Morgan fingerprint density at radius 1 is 1.31 bits per heavy atom. The van der Waals surface area contributed by atoms with Crippen molar-refractivity contribution in [3.05, 3.63) is 0 Å². The molecule has 0 saturated heterocycles. The van der Waals surface area contributed by atoms with Gasteiger partial charge >= 0.3 is 5.97 Å². The van der Waals surface area contributed by atoms with Gasteiger partial charge in [0.1, 0.15) is 0 Å². The molecule has 0 aromatic rings. The number of hydrogen-bond donors (Lipinski definition) is 0. The second-order valence-electron chi connectivity index (χ2n) is 2.93. The number of hydrogen-bond acceptors (Lipinski definition) is 3. The van der Waals surface area contributed by atoms with Crippen molar-refractivity contribution in [3.8, 4) is 0 Å². The highest BCUT2D eigenvalue weighted by Gasteiger charge is 2.00. The van der Waals surface area contributed by atoms with Gasteiger partial charge in [0.2, 0.25) is 0 Å². The summed E-state index contributed by atoms with van der Waals surface area (Å²) in [5, 5.41) is 0. The Morgan fingerprint density at radius 2 is 2.08 bits per heavy atom. The van der Waals surface area contributed by atoms with Crippen molar-refractivity contribution in [2.45, 2.75) is 45.4 Å². The van der Waals surface area contributed by atoms with Gasteiger partial charge < -0.3 is 4.74 Å². The van der Waals surface area contributed by atoms with E-state index in [1.807, 2.05) is 0 Å². The van der Waals surface area contributed by atoms with Crippen LogP contribution in [0, 0.1) is 0 Å². The summed E-state index contributed by atoms with van der Waals surface area (Å²) in [4.78, 5) is 20.6. The third-order valence-corrected chi connectivity index (χ3v) is 1.69. The zero-order chi connectivity index (χ0) is 9.94. The van der Waals surface area contributed by atoms with Crippen molar-refractivity contribution in [3.63, 3.8) is 0 Å². The minimum atomic E-state index is -0.292. The summed E-state index contributed by atoms with van der Waals surface area (Å²) in [6, 6.07) is 0. The molecule has 75 valence electrons. The summed E-state index contributed by atoms with van der Waals surface area (Å²) in [6.45, 7) is 2.61. The van der Waals surface area contributed by atoms with Crippen LogP contribution < -0.4 is 0 Å². The lowest BCUT2D eigenvalue weighted by Gasteiger charge is -2.02. The van der Waals surface area contributed by atoms with E-state index in [4.69, 9.17) is 4.74 Å². The topological polar surface area (TPSA) is 43.4 Å². The molecule has 0 rings (SSSR count). The first-order valence-electron chi connectivity index (χ1n) is 4.82. The van der Waals surface area contributed by atoms with Gasteiger partial charge in [0.15, 0.2) is 6.29 Å². The van der Waals surface area contributed by atoms with Crippen LogP contribution in [0.3, 0.4) is 0 Å². The second-order valence-corrected chi connectivity index (χ2v) is 2.93. The largest absolute Gasteiger partial charge is 0.466 e. The summed E-state index contributed by atoms with van der Waals surface area (Å²) in [5.74, 6) is -0.292. The molecule has 0 aromatic heterocycles. The molecule has 3 nitrogen and oxygen atoms in total. The highest BCUT2D eigenvalue weighted by Crippen LogP contribution is 1.99. The summed E-state index contributed by atoms with van der Waals surface area (Å²) < 4.78 is 4.87. The molecule has 0 saturated carbocycles. The molecule has 0 amide bonds. The quantitative estimate of drug-likeness (QED) is 0.429. The van der Waals surface area contributed by atoms with Crippen molar-refractivity contribution in [2.24, 2.45) is 0 Å². The SMILES string of the molecule is CCCCCCOC(=O)CC[C]=O. The van der Waals surface area contributed by atoms with Crippen molar-refractivity contribution in [1.29, 1.82) is 0 Å². The maximum Gasteiger partial charge on any atom is 0.306 e. The average Bonchev–Trinajstić information content (AvgIpc) is 2.14. The molecule has 0 atom stereocenters. The Labute approximate surface area is 79.5 Å². The molecule has 0 aliphatic carbocycles. The van der Waals surface area contributed by atoms with Crippen LogP contribution in [0.4, 0.5) is 0 Å². The van der Waals surface area contributed by atoms with Crippen molar-refractivity contribution in [2.75, 3.05) is 6.61 Å². The number of carbonyl (C=O) groups is 1. The van der Waals surface area contributed by atoms with Crippen LogP contribution in [0.2, 0.25) is 0 Å². The van der Waals surface area contributed by atoms with E-state index in [-0.39, 0.29) is 18.8 Å². The highest BCUT2D eigenvalue weighted by molar-refractivity contribution is 5.72. The Bertz CT molecular complexity index is 143. The molecule has 13 heavy (non-hydrogen) atoms. The first kappa shape index (κ1) is 12.1. The maximum atomic E-state index is 10.8. The van der Waals surface area contributed by atoms with Gasteiger partial charge in [-0.25, -0.2) is 0 Å². The van der Waals surface area contributed by atoms with E-state index in [1.54, 1.807) is 6.29 Å². The fraction of sp³-hybridized carbons (Fsp3) is 0.800. The summed E-state index contributed by atoms with van der Waals surface area (Å²) >= 11 is 0. The Balaban J connectivity index is 3.12. The zero-order valence-corrected chi connectivity index (χ0v) is 8.17. The minimum Gasteiger partial charge on any atom is -0.466 e. The Kier molecular flexibility index (Phi) is 8.62. The smallest absolute Gasteiger partial charge is 0.306 e.